The largest absolute Gasteiger partial charge is 0.486 e. The first-order chi connectivity index (χ1) is 12.1. The fraction of sp³-hybridized carbons (Fsp3) is 0.263. The number of benzene rings is 2. The normalized spacial score (nSPS) is 18.4. The number of ether oxygens (including phenoxy) is 2. The molecule has 2 aliphatic rings. The van der Waals surface area contributed by atoms with E-state index in [2.05, 4.69) is 0 Å². The van der Waals surface area contributed by atoms with E-state index in [4.69, 9.17) is 9.47 Å². The van der Waals surface area contributed by atoms with E-state index in [1.165, 1.54) is 4.90 Å². The van der Waals surface area contributed by atoms with Gasteiger partial charge in [0.15, 0.2) is 11.5 Å². The second-order valence-electron chi connectivity index (χ2n) is 6.09. The van der Waals surface area contributed by atoms with E-state index in [1.807, 2.05) is 24.3 Å². The average molecular weight is 339 g/mol. The lowest BCUT2D eigenvalue weighted by molar-refractivity contribution is -0.142. The Morgan fingerprint density at radius 2 is 1.76 bits per heavy atom. The van der Waals surface area contributed by atoms with Gasteiger partial charge in [-0.15, -0.1) is 0 Å². The molecule has 0 aliphatic carbocycles. The van der Waals surface area contributed by atoms with Gasteiger partial charge in [-0.25, -0.2) is 4.79 Å². The van der Waals surface area contributed by atoms with Crippen LogP contribution >= 0.6 is 0 Å². The van der Waals surface area contributed by atoms with Gasteiger partial charge < -0.3 is 19.5 Å². The van der Waals surface area contributed by atoms with Gasteiger partial charge in [0.1, 0.15) is 19.3 Å². The molecular formula is C19H17NO5. The lowest BCUT2D eigenvalue weighted by Crippen LogP contribution is -2.48. The summed E-state index contributed by atoms with van der Waals surface area (Å²) in [6.07, 6.45) is 0.295. The summed E-state index contributed by atoms with van der Waals surface area (Å²) >= 11 is 0. The molecule has 2 aliphatic heterocycles. The first-order valence-electron chi connectivity index (χ1n) is 8.14. The minimum atomic E-state index is -1.01. The zero-order valence-corrected chi connectivity index (χ0v) is 13.5. The number of para-hydroxylation sites is 1. The maximum atomic E-state index is 13.1. The van der Waals surface area contributed by atoms with Crippen LogP contribution in [0.3, 0.4) is 0 Å². The predicted octanol–water partition coefficient (Wildman–Crippen LogP) is 2.11. The summed E-state index contributed by atoms with van der Waals surface area (Å²) in [6, 6.07) is 11.8. The van der Waals surface area contributed by atoms with Crippen LogP contribution in [-0.4, -0.2) is 41.1 Å². The third-order valence-electron chi connectivity index (χ3n) is 4.59. The van der Waals surface area contributed by atoms with Crippen molar-refractivity contribution in [1.82, 2.24) is 4.90 Å². The summed E-state index contributed by atoms with van der Waals surface area (Å²) in [5, 5.41) is 9.62. The van der Waals surface area contributed by atoms with Gasteiger partial charge in [0.05, 0.1) is 5.56 Å². The van der Waals surface area contributed by atoms with E-state index in [-0.39, 0.29) is 12.5 Å². The minimum Gasteiger partial charge on any atom is -0.486 e. The molecule has 0 aromatic heterocycles. The SMILES string of the molecule is O=C(O)[C@H]1Cc2ccccc2CN1C(=O)c1cccc2c1OCCO2. The van der Waals surface area contributed by atoms with Crippen LogP contribution in [0.25, 0.3) is 0 Å². The molecule has 0 radical (unpaired) electrons. The number of carbonyl (C=O) groups excluding carboxylic acids is 1. The van der Waals surface area contributed by atoms with Gasteiger partial charge >= 0.3 is 5.97 Å². The van der Waals surface area contributed by atoms with Crippen LogP contribution in [0.2, 0.25) is 0 Å². The second kappa shape index (κ2) is 6.12. The molecule has 128 valence electrons. The molecule has 1 amide bonds. The van der Waals surface area contributed by atoms with Crippen molar-refractivity contribution in [3.05, 3.63) is 59.2 Å². The van der Waals surface area contributed by atoms with Crippen molar-refractivity contribution in [3.8, 4) is 11.5 Å². The molecule has 1 atom stereocenters. The van der Waals surface area contributed by atoms with Crippen LogP contribution in [0, 0.1) is 0 Å². The van der Waals surface area contributed by atoms with Crippen molar-refractivity contribution in [2.45, 2.75) is 19.0 Å². The topological polar surface area (TPSA) is 76.1 Å². The van der Waals surface area contributed by atoms with Gasteiger partial charge in [-0.1, -0.05) is 30.3 Å². The molecule has 0 spiro atoms. The zero-order chi connectivity index (χ0) is 17.4. The van der Waals surface area contributed by atoms with Crippen LogP contribution in [0.5, 0.6) is 11.5 Å². The van der Waals surface area contributed by atoms with E-state index in [1.54, 1.807) is 18.2 Å². The maximum Gasteiger partial charge on any atom is 0.326 e. The Kier molecular flexibility index (Phi) is 3.80. The van der Waals surface area contributed by atoms with Gasteiger partial charge in [-0.2, -0.15) is 0 Å². The van der Waals surface area contributed by atoms with Gasteiger partial charge in [-0.05, 0) is 23.3 Å². The molecule has 0 unspecified atom stereocenters. The van der Waals surface area contributed by atoms with Crippen LogP contribution in [0.15, 0.2) is 42.5 Å². The summed E-state index contributed by atoms with van der Waals surface area (Å²) in [7, 11) is 0. The Balaban J connectivity index is 1.73. The third kappa shape index (κ3) is 2.69. The number of hydrogen-bond acceptors (Lipinski definition) is 4. The number of aliphatic carboxylic acids is 1. The Hall–Kier alpha value is -3.02. The Bertz CT molecular complexity index is 847. The molecule has 2 heterocycles. The molecule has 0 saturated heterocycles. The van der Waals surface area contributed by atoms with Gasteiger partial charge in [0.25, 0.3) is 5.91 Å². The highest BCUT2D eigenvalue weighted by atomic mass is 16.6. The highest BCUT2D eigenvalue weighted by Gasteiger charge is 2.36. The van der Waals surface area contributed by atoms with Crippen molar-refractivity contribution in [2.75, 3.05) is 13.2 Å². The predicted molar refractivity (Wildman–Crippen MR) is 88.9 cm³/mol. The number of hydrogen-bond donors (Lipinski definition) is 1. The first kappa shape index (κ1) is 15.5. The minimum absolute atomic E-state index is 0.260. The van der Waals surface area contributed by atoms with Crippen molar-refractivity contribution in [3.63, 3.8) is 0 Å². The van der Waals surface area contributed by atoms with Gasteiger partial charge in [0.2, 0.25) is 0 Å². The highest BCUT2D eigenvalue weighted by molar-refractivity contribution is 6.00. The van der Waals surface area contributed by atoms with E-state index >= 15 is 0 Å². The number of rotatable bonds is 2. The van der Waals surface area contributed by atoms with E-state index in [9.17, 15) is 14.7 Å². The number of carbonyl (C=O) groups is 2. The van der Waals surface area contributed by atoms with Crippen molar-refractivity contribution < 1.29 is 24.2 Å². The summed E-state index contributed by atoms with van der Waals surface area (Å²) in [5.41, 5.74) is 2.27. The molecule has 1 N–H and O–H groups in total. The first-order valence-corrected chi connectivity index (χ1v) is 8.14. The summed E-state index contributed by atoms with van der Waals surface area (Å²) < 4.78 is 11.1. The lowest BCUT2D eigenvalue weighted by atomic mass is 9.93. The molecule has 25 heavy (non-hydrogen) atoms. The van der Waals surface area contributed by atoms with Gasteiger partial charge in [0, 0.05) is 13.0 Å². The molecule has 0 bridgehead atoms. The molecule has 2 aromatic carbocycles. The number of carboxylic acid groups (broad SMARTS) is 1. The Labute approximate surface area is 144 Å². The number of carboxylic acids is 1. The second-order valence-corrected chi connectivity index (χ2v) is 6.09. The van der Waals surface area contributed by atoms with E-state index in [0.29, 0.717) is 36.7 Å². The molecule has 6 heteroatoms. The van der Waals surface area contributed by atoms with Crippen molar-refractivity contribution in [1.29, 1.82) is 0 Å². The smallest absolute Gasteiger partial charge is 0.326 e. The van der Waals surface area contributed by atoms with Crippen LogP contribution in [0.1, 0.15) is 21.5 Å². The highest BCUT2D eigenvalue weighted by Crippen LogP contribution is 2.35. The Morgan fingerprint density at radius 1 is 1.00 bits per heavy atom. The summed E-state index contributed by atoms with van der Waals surface area (Å²) in [5.74, 6) is -0.461. The van der Waals surface area contributed by atoms with Crippen molar-refractivity contribution in [2.24, 2.45) is 0 Å². The number of fused-ring (bicyclic) bond motifs is 2. The standard InChI is InChI=1S/C19H17NO5/c21-18(14-6-3-7-16-17(14)25-9-8-24-16)20-11-13-5-2-1-4-12(13)10-15(20)19(22)23/h1-7,15H,8-11H2,(H,22,23)/t15-/m1/s1. The van der Waals surface area contributed by atoms with E-state index < -0.39 is 12.0 Å². The fourth-order valence-corrected chi connectivity index (χ4v) is 3.35. The average Bonchev–Trinajstić information content (AvgIpc) is 2.66. The molecule has 0 saturated carbocycles. The maximum absolute atomic E-state index is 13.1. The monoisotopic (exact) mass is 339 g/mol. The summed E-state index contributed by atoms with van der Waals surface area (Å²) in [6.45, 7) is 1.05. The third-order valence-corrected chi connectivity index (χ3v) is 4.59. The molecule has 4 rings (SSSR count). The Morgan fingerprint density at radius 3 is 2.56 bits per heavy atom. The lowest BCUT2D eigenvalue weighted by Gasteiger charge is -2.35. The van der Waals surface area contributed by atoms with E-state index in [0.717, 1.165) is 11.1 Å². The molecule has 2 aromatic rings. The molecule has 0 fully saturated rings. The van der Waals surface area contributed by atoms with Crippen molar-refractivity contribution >= 4 is 11.9 Å². The molecular weight excluding hydrogens is 322 g/mol. The van der Waals surface area contributed by atoms with Crippen LogP contribution < -0.4 is 9.47 Å². The molecule has 6 nitrogen and oxygen atoms in total. The fourth-order valence-electron chi connectivity index (χ4n) is 3.35. The van der Waals surface area contributed by atoms with Crippen LogP contribution in [-0.2, 0) is 17.8 Å². The van der Waals surface area contributed by atoms with Gasteiger partial charge in [-0.3, -0.25) is 4.79 Å². The number of amides is 1. The summed E-state index contributed by atoms with van der Waals surface area (Å²) in [4.78, 5) is 26.3. The quantitative estimate of drug-likeness (QED) is 0.907. The zero-order valence-electron chi connectivity index (χ0n) is 13.5. The van der Waals surface area contributed by atoms with Crippen LogP contribution in [0.4, 0.5) is 0 Å². The number of nitrogens with zero attached hydrogens (tertiary/aromatic N) is 1.